The van der Waals surface area contributed by atoms with Crippen molar-refractivity contribution in [1.29, 1.82) is 0 Å². The van der Waals surface area contributed by atoms with Gasteiger partial charge < -0.3 is 10.2 Å². The summed E-state index contributed by atoms with van der Waals surface area (Å²) < 4.78 is 0. The Kier molecular flexibility index (Phi) is 3.51. The van der Waals surface area contributed by atoms with E-state index in [1.165, 1.54) is 19.5 Å². The first-order valence-corrected chi connectivity index (χ1v) is 8.11. The second-order valence-electron chi connectivity index (χ2n) is 6.60. The second kappa shape index (κ2) is 5.68. The van der Waals surface area contributed by atoms with Gasteiger partial charge in [0.15, 0.2) is 0 Å². The maximum absolute atomic E-state index is 12.5. The lowest BCUT2D eigenvalue weighted by molar-refractivity contribution is 0.0904. The van der Waals surface area contributed by atoms with Gasteiger partial charge in [0.1, 0.15) is 5.69 Å². The van der Waals surface area contributed by atoms with Gasteiger partial charge in [-0.25, -0.2) is 0 Å². The van der Waals surface area contributed by atoms with Gasteiger partial charge in [0.05, 0.1) is 0 Å². The number of rotatable bonds is 2. The van der Waals surface area contributed by atoms with E-state index in [-0.39, 0.29) is 11.9 Å². The maximum atomic E-state index is 12.5. The largest absolute Gasteiger partial charge is 0.347 e. The van der Waals surface area contributed by atoms with Crippen LogP contribution in [0.3, 0.4) is 0 Å². The minimum absolute atomic E-state index is 0.0921. The molecule has 4 rings (SSSR count). The van der Waals surface area contributed by atoms with E-state index in [0.717, 1.165) is 35.2 Å². The molecule has 2 aliphatic heterocycles. The highest BCUT2D eigenvalue weighted by atomic mass is 16.1. The van der Waals surface area contributed by atoms with Crippen molar-refractivity contribution in [2.24, 2.45) is 5.92 Å². The summed E-state index contributed by atoms with van der Waals surface area (Å²) in [5, 5.41) is 5.09. The van der Waals surface area contributed by atoms with E-state index >= 15 is 0 Å². The van der Waals surface area contributed by atoms with Crippen molar-refractivity contribution in [3.05, 3.63) is 41.7 Å². The molecule has 0 aliphatic carbocycles. The maximum Gasteiger partial charge on any atom is 0.270 e. The third-order valence-corrected chi connectivity index (χ3v) is 4.92. The molecular weight excluding hydrogens is 286 g/mol. The normalized spacial score (nSPS) is 26.0. The molecule has 1 N–H and O–H groups in total. The van der Waals surface area contributed by atoms with Crippen LogP contribution >= 0.6 is 0 Å². The molecule has 23 heavy (non-hydrogen) atoms. The van der Waals surface area contributed by atoms with Crippen LogP contribution in [0.1, 0.15) is 28.9 Å². The molecule has 3 heterocycles. The minimum atomic E-state index is -0.0921. The number of hydrogen-bond donors (Lipinski definition) is 1. The van der Waals surface area contributed by atoms with Crippen LogP contribution < -0.4 is 5.32 Å². The molecule has 4 nitrogen and oxygen atoms in total. The zero-order valence-corrected chi connectivity index (χ0v) is 13.0. The number of nitrogens with zero attached hydrogens (tertiary/aromatic N) is 2. The topological polar surface area (TPSA) is 45.2 Å². The summed E-state index contributed by atoms with van der Waals surface area (Å²) >= 11 is 0. The average molecular weight is 305 g/mol. The van der Waals surface area contributed by atoms with Crippen LogP contribution in [-0.4, -0.2) is 41.5 Å². The fourth-order valence-electron chi connectivity index (χ4n) is 3.78. The van der Waals surface area contributed by atoms with Gasteiger partial charge in [0.25, 0.3) is 5.91 Å². The van der Waals surface area contributed by atoms with E-state index in [0.29, 0.717) is 5.69 Å². The first-order valence-electron chi connectivity index (χ1n) is 8.11. The molecule has 2 aliphatic rings. The molecule has 0 saturated carbocycles. The van der Waals surface area contributed by atoms with Crippen molar-refractivity contribution < 1.29 is 4.79 Å². The zero-order valence-electron chi connectivity index (χ0n) is 13.0. The summed E-state index contributed by atoms with van der Waals surface area (Å²) in [5.41, 5.74) is 1.27. The molecule has 1 unspecified atom stereocenters. The molecule has 2 fully saturated rings. The number of carbonyl (C=O) groups excluding carboxylic acids is 1. The monoisotopic (exact) mass is 305 g/mol. The Hall–Kier alpha value is -2.38. The predicted molar refractivity (Wildman–Crippen MR) is 90.1 cm³/mol. The summed E-state index contributed by atoms with van der Waals surface area (Å²) in [6.07, 6.45) is 9.52. The molecule has 0 spiro atoms. The van der Waals surface area contributed by atoms with Gasteiger partial charge in [-0.2, -0.15) is 0 Å². The first-order chi connectivity index (χ1) is 11.2. The number of nitrogens with one attached hydrogen (secondary N) is 1. The van der Waals surface area contributed by atoms with Crippen molar-refractivity contribution in [1.82, 2.24) is 15.2 Å². The summed E-state index contributed by atoms with van der Waals surface area (Å²) in [6.45, 7) is 3.31. The highest BCUT2D eigenvalue weighted by Gasteiger charge is 2.33. The lowest BCUT2D eigenvalue weighted by Gasteiger charge is -2.30. The van der Waals surface area contributed by atoms with Crippen molar-refractivity contribution in [3.63, 3.8) is 0 Å². The summed E-state index contributed by atoms with van der Waals surface area (Å²) in [5.74, 6) is 3.26. The van der Waals surface area contributed by atoms with Gasteiger partial charge in [0, 0.05) is 36.3 Å². The Bertz CT molecular complexity index is 796. The van der Waals surface area contributed by atoms with Crippen molar-refractivity contribution in [2.75, 3.05) is 19.6 Å². The lowest BCUT2D eigenvalue weighted by atomic mass is 9.97. The second-order valence-corrected chi connectivity index (χ2v) is 6.60. The number of terminal acetylenes is 1. The number of hydrogen-bond acceptors (Lipinski definition) is 3. The van der Waals surface area contributed by atoms with E-state index in [2.05, 4.69) is 21.1 Å². The minimum Gasteiger partial charge on any atom is -0.347 e. The van der Waals surface area contributed by atoms with Crippen LogP contribution in [0.15, 0.2) is 30.5 Å². The number of piperidine rings is 1. The number of fused-ring (bicyclic) bond motifs is 3. The predicted octanol–water partition coefficient (Wildman–Crippen LogP) is 2.04. The SMILES string of the molecule is C#Cc1ccc2cnc(C(=O)N[C@@H]3C[C@@H]4CCN(C4)C3)cc2c1. The Morgan fingerprint density at radius 3 is 3.04 bits per heavy atom. The number of pyridine rings is 1. The molecule has 0 radical (unpaired) electrons. The van der Waals surface area contributed by atoms with Crippen LogP contribution in [0.4, 0.5) is 0 Å². The Balaban J connectivity index is 1.53. The molecule has 2 bridgehead atoms. The van der Waals surface area contributed by atoms with Gasteiger partial charge in [-0.05, 0) is 48.9 Å². The lowest BCUT2D eigenvalue weighted by Crippen LogP contribution is -2.47. The summed E-state index contributed by atoms with van der Waals surface area (Å²) in [7, 11) is 0. The molecule has 1 aromatic heterocycles. The van der Waals surface area contributed by atoms with Crippen LogP contribution in [0, 0.1) is 18.3 Å². The van der Waals surface area contributed by atoms with Gasteiger partial charge in [-0.3, -0.25) is 9.78 Å². The molecule has 1 amide bonds. The third kappa shape index (κ3) is 2.80. The molecule has 1 aromatic carbocycles. The quantitative estimate of drug-likeness (QED) is 0.864. The van der Waals surface area contributed by atoms with Gasteiger partial charge >= 0.3 is 0 Å². The highest BCUT2D eigenvalue weighted by molar-refractivity contribution is 5.96. The standard InChI is InChI=1S/C19H19N3O/c1-2-13-3-4-15-10-20-18(9-16(15)7-13)19(23)21-17-8-14-5-6-22(11-14)12-17/h1,3-4,7,9-10,14,17H,5-6,8,11-12H2,(H,21,23)/t14-,17+/m0/s1. The van der Waals surface area contributed by atoms with Crippen molar-refractivity contribution in [2.45, 2.75) is 18.9 Å². The number of aromatic nitrogens is 1. The van der Waals surface area contributed by atoms with E-state index in [1.807, 2.05) is 24.3 Å². The number of benzene rings is 1. The van der Waals surface area contributed by atoms with Gasteiger partial charge in [0.2, 0.25) is 0 Å². The zero-order chi connectivity index (χ0) is 15.8. The Morgan fingerprint density at radius 2 is 2.22 bits per heavy atom. The van der Waals surface area contributed by atoms with E-state index in [4.69, 9.17) is 6.42 Å². The Morgan fingerprint density at radius 1 is 1.30 bits per heavy atom. The summed E-state index contributed by atoms with van der Waals surface area (Å²) in [4.78, 5) is 19.3. The smallest absolute Gasteiger partial charge is 0.270 e. The van der Waals surface area contributed by atoms with Crippen molar-refractivity contribution in [3.8, 4) is 12.3 Å². The van der Waals surface area contributed by atoms with Crippen LogP contribution in [0.25, 0.3) is 10.8 Å². The van der Waals surface area contributed by atoms with E-state index in [1.54, 1.807) is 6.20 Å². The van der Waals surface area contributed by atoms with Gasteiger partial charge in [-0.15, -0.1) is 6.42 Å². The van der Waals surface area contributed by atoms with Crippen LogP contribution in [-0.2, 0) is 0 Å². The van der Waals surface area contributed by atoms with E-state index < -0.39 is 0 Å². The van der Waals surface area contributed by atoms with Crippen LogP contribution in [0.2, 0.25) is 0 Å². The summed E-state index contributed by atoms with van der Waals surface area (Å²) in [6, 6.07) is 7.79. The Labute approximate surface area is 135 Å². The van der Waals surface area contributed by atoms with Crippen LogP contribution in [0.5, 0.6) is 0 Å². The highest BCUT2D eigenvalue weighted by Crippen LogP contribution is 2.26. The number of carbonyl (C=O) groups is 1. The first kappa shape index (κ1) is 14.2. The van der Waals surface area contributed by atoms with Crippen molar-refractivity contribution >= 4 is 16.7 Å². The molecular formula is C19H19N3O. The van der Waals surface area contributed by atoms with Gasteiger partial charge in [-0.1, -0.05) is 12.0 Å². The molecule has 4 heteroatoms. The fraction of sp³-hybridized carbons (Fsp3) is 0.368. The number of amides is 1. The molecule has 116 valence electrons. The third-order valence-electron chi connectivity index (χ3n) is 4.92. The molecule has 2 saturated heterocycles. The molecule has 2 aromatic rings. The average Bonchev–Trinajstić information content (AvgIpc) is 2.92. The molecule has 3 atom stereocenters. The van der Waals surface area contributed by atoms with E-state index in [9.17, 15) is 4.79 Å². The fourth-order valence-corrected chi connectivity index (χ4v) is 3.78.